The number of anilines is 1. The van der Waals surface area contributed by atoms with Crippen molar-refractivity contribution in [2.24, 2.45) is 5.92 Å². The molecule has 2 N–H and O–H groups in total. The predicted molar refractivity (Wildman–Crippen MR) is 103 cm³/mol. The quantitative estimate of drug-likeness (QED) is 0.774. The van der Waals surface area contributed by atoms with Crippen LogP contribution in [0.4, 0.5) is 10.1 Å². The summed E-state index contributed by atoms with van der Waals surface area (Å²) < 4.78 is 13.6. The van der Waals surface area contributed by atoms with Gasteiger partial charge in [0.2, 0.25) is 11.8 Å². The Morgan fingerprint density at radius 2 is 2.04 bits per heavy atom. The normalized spacial score (nSPS) is 16.8. The third kappa shape index (κ3) is 5.03. The molecule has 0 bridgehead atoms. The van der Waals surface area contributed by atoms with E-state index >= 15 is 0 Å². The molecule has 1 aromatic carbocycles. The number of nitrogens with one attached hydrogen (secondary N) is 2. The fourth-order valence-electron chi connectivity index (χ4n) is 3.09. The molecule has 1 aromatic heterocycles. The van der Waals surface area contributed by atoms with E-state index in [2.05, 4.69) is 26.2 Å². The number of amides is 2. The molecule has 6 nitrogen and oxygen atoms in total. The van der Waals surface area contributed by atoms with Crippen molar-refractivity contribution in [1.29, 1.82) is 0 Å². The van der Waals surface area contributed by atoms with E-state index in [1.807, 2.05) is 0 Å². The van der Waals surface area contributed by atoms with Crippen molar-refractivity contribution < 1.29 is 14.0 Å². The van der Waals surface area contributed by atoms with E-state index in [4.69, 9.17) is 0 Å². The molecule has 0 spiro atoms. The summed E-state index contributed by atoms with van der Waals surface area (Å²) in [6.45, 7) is 0.888. The first-order valence-electron chi connectivity index (χ1n) is 8.63. The molecule has 2 aromatic rings. The fourth-order valence-corrected chi connectivity index (χ4v) is 3.43. The van der Waals surface area contributed by atoms with Gasteiger partial charge in [0.05, 0.1) is 12.3 Å². The molecule has 0 aliphatic carbocycles. The number of carbonyl (C=O) groups is 2. The van der Waals surface area contributed by atoms with Gasteiger partial charge in [-0.25, -0.2) is 4.39 Å². The lowest BCUT2D eigenvalue weighted by Crippen LogP contribution is -2.44. The Morgan fingerprint density at radius 3 is 2.78 bits per heavy atom. The van der Waals surface area contributed by atoms with E-state index in [-0.39, 0.29) is 41.2 Å². The van der Waals surface area contributed by atoms with Gasteiger partial charge in [-0.1, -0.05) is 12.1 Å². The van der Waals surface area contributed by atoms with Crippen LogP contribution in [0.1, 0.15) is 18.4 Å². The molecule has 2 amide bonds. The second-order valence-corrected chi connectivity index (χ2v) is 7.45. The summed E-state index contributed by atoms with van der Waals surface area (Å²) in [7, 11) is 0. The van der Waals surface area contributed by atoms with Gasteiger partial charge in [0.15, 0.2) is 0 Å². The number of H-pyrrole nitrogens is 1. The molecule has 27 heavy (non-hydrogen) atoms. The van der Waals surface area contributed by atoms with Crippen LogP contribution in [0.2, 0.25) is 0 Å². The van der Waals surface area contributed by atoms with Crippen LogP contribution in [-0.2, 0) is 16.0 Å². The Labute approximate surface area is 163 Å². The van der Waals surface area contributed by atoms with Crippen molar-refractivity contribution in [2.45, 2.75) is 19.3 Å². The first-order chi connectivity index (χ1) is 12.9. The van der Waals surface area contributed by atoms with Crippen LogP contribution >= 0.6 is 15.9 Å². The second kappa shape index (κ2) is 8.47. The van der Waals surface area contributed by atoms with Crippen LogP contribution in [-0.4, -0.2) is 34.8 Å². The highest BCUT2D eigenvalue weighted by Crippen LogP contribution is 2.20. The molecule has 0 radical (unpaired) electrons. The number of pyridine rings is 1. The van der Waals surface area contributed by atoms with Gasteiger partial charge in [0.1, 0.15) is 11.5 Å². The molecule has 2 heterocycles. The van der Waals surface area contributed by atoms with E-state index in [1.54, 1.807) is 17.0 Å². The minimum Gasteiger partial charge on any atom is -0.342 e. The van der Waals surface area contributed by atoms with E-state index in [9.17, 15) is 18.8 Å². The van der Waals surface area contributed by atoms with Crippen LogP contribution in [0.5, 0.6) is 0 Å². The predicted octanol–water partition coefficient (Wildman–Crippen LogP) is 2.70. The maximum atomic E-state index is 13.0. The Hall–Kier alpha value is -2.48. The van der Waals surface area contributed by atoms with Crippen LogP contribution in [0.3, 0.4) is 0 Å². The highest BCUT2D eigenvalue weighted by Gasteiger charge is 2.28. The average molecular weight is 436 g/mol. The third-order valence-electron chi connectivity index (χ3n) is 4.54. The van der Waals surface area contributed by atoms with Crippen molar-refractivity contribution in [3.63, 3.8) is 0 Å². The van der Waals surface area contributed by atoms with Gasteiger partial charge in [-0.15, -0.1) is 0 Å². The molecule has 1 aliphatic heterocycles. The lowest BCUT2D eigenvalue weighted by Gasteiger charge is -2.32. The number of piperidine rings is 1. The number of carbonyl (C=O) groups excluding carboxylic acids is 2. The van der Waals surface area contributed by atoms with Crippen molar-refractivity contribution in [2.75, 3.05) is 18.4 Å². The molecule has 1 unspecified atom stereocenters. The van der Waals surface area contributed by atoms with Crippen molar-refractivity contribution >= 4 is 33.4 Å². The van der Waals surface area contributed by atoms with Crippen LogP contribution in [0, 0.1) is 11.7 Å². The average Bonchev–Trinajstić information content (AvgIpc) is 2.66. The number of rotatable bonds is 4. The summed E-state index contributed by atoms with van der Waals surface area (Å²) in [4.78, 5) is 41.0. The Bertz CT molecular complexity index is 898. The number of likely N-dealkylation sites (tertiary alicyclic amines) is 1. The van der Waals surface area contributed by atoms with Gasteiger partial charge < -0.3 is 15.2 Å². The molecule has 3 rings (SSSR count). The van der Waals surface area contributed by atoms with Crippen molar-refractivity contribution in [1.82, 2.24) is 9.88 Å². The number of aromatic amines is 1. The van der Waals surface area contributed by atoms with Gasteiger partial charge in [0, 0.05) is 23.8 Å². The lowest BCUT2D eigenvalue weighted by atomic mass is 9.96. The molecule has 1 saturated heterocycles. The molecule has 142 valence electrons. The van der Waals surface area contributed by atoms with Gasteiger partial charge in [-0.2, -0.15) is 0 Å². The van der Waals surface area contributed by atoms with Gasteiger partial charge in [0.25, 0.3) is 5.56 Å². The molecule has 8 heteroatoms. The summed E-state index contributed by atoms with van der Waals surface area (Å²) in [5.41, 5.74) is 0.518. The first-order valence-corrected chi connectivity index (χ1v) is 9.43. The minimum atomic E-state index is -0.383. The van der Waals surface area contributed by atoms with Gasteiger partial charge in [-0.3, -0.25) is 14.4 Å². The summed E-state index contributed by atoms with van der Waals surface area (Å²) in [6.07, 6.45) is 3.02. The zero-order chi connectivity index (χ0) is 19.4. The highest BCUT2D eigenvalue weighted by molar-refractivity contribution is 9.10. The minimum absolute atomic E-state index is 0.0978. The SMILES string of the molecule is O=C(Nc1cc(Br)c[nH]c1=O)C1CCCN(C(=O)Cc2ccc(F)cc2)C1. The number of benzene rings is 1. The summed E-state index contributed by atoms with van der Waals surface area (Å²) >= 11 is 3.25. The third-order valence-corrected chi connectivity index (χ3v) is 5.00. The standard InChI is InChI=1S/C19H19BrFN3O3/c20-14-9-16(19(27)22-10-14)23-18(26)13-2-1-7-24(11-13)17(25)8-12-3-5-15(21)6-4-12/h3-6,9-10,13H,1-2,7-8,11H2,(H,22,27)(H,23,26). The monoisotopic (exact) mass is 435 g/mol. The van der Waals surface area contributed by atoms with E-state index < -0.39 is 0 Å². The molecule has 0 saturated carbocycles. The smallest absolute Gasteiger partial charge is 0.271 e. The largest absolute Gasteiger partial charge is 0.342 e. The van der Waals surface area contributed by atoms with E-state index in [1.165, 1.54) is 24.4 Å². The van der Waals surface area contributed by atoms with Gasteiger partial charge in [-0.05, 0) is 52.5 Å². The first kappa shape index (κ1) is 19.3. The molecule has 1 atom stereocenters. The number of halogens is 2. The topological polar surface area (TPSA) is 82.3 Å². The maximum Gasteiger partial charge on any atom is 0.271 e. The molecular weight excluding hydrogens is 417 g/mol. The number of hydrogen-bond donors (Lipinski definition) is 2. The van der Waals surface area contributed by atoms with E-state index in [0.717, 1.165) is 5.56 Å². The van der Waals surface area contributed by atoms with Crippen molar-refractivity contribution in [3.05, 3.63) is 62.7 Å². The van der Waals surface area contributed by atoms with Crippen molar-refractivity contribution in [3.8, 4) is 0 Å². The van der Waals surface area contributed by atoms with E-state index in [0.29, 0.717) is 30.4 Å². The molecule has 1 fully saturated rings. The second-order valence-electron chi connectivity index (χ2n) is 6.53. The lowest BCUT2D eigenvalue weighted by molar-refractivity contribution is -0.133. The summed E-state index contributed by atoms with van der Waals surface area (Å²) in [5.74, 6) is -1.10. The molecule has 1 aliphatic rings. The maximum absolute atomic E-state index is 13.0. The van der Waals surface area contributed by atoms with Crippen LogP contribution < -0.4 is 10.9 Å². The Kier molecular flexibility index (Phi) is 6.05. The summed E-state index contributed by atoms with van der Waals surface area (Å²) in [6, 6.07) is 7.36. The number of aromatic nitrogens is 1. The number of nitrogens with zero attached hydrogens (tertiary/aromatic N) is 1. The summed E-state index contributed by atoms with van der Waals surface area (Å²) in [5, 5.41) is 2.64. The zero-order valence-corrected chi connectivity index (χ0v) is 16.1. The Morgan fingerprint density at radius 1 is 1.30 bits per heavy atom. The zero-order valence-electron chi connectivity index (χ0n) is 14.5. The van der Waals surface area contributed by atoms with Gasteiger partial charge >= 0.3 is 0 Å². The number of hydrogen-bond acceptors (Lipinski definition) is 3. The highest BCUT2D eigenvalue weighted by atomic mass is 79.9. The van der Waals surface area contributed by atoms with Crippen LogP contribution in [0.25, 0.3) is 0 Å². The molecular formula is C19H19BrFN3O3. The van der Waals surface area contributed by atoms with Crippen LogP contribution in [0.15, 0.2) is 45.8 Å². The Balaban J connectivity index is 1.62. The fraction of sp³-hybridized carbons (Fsp3) is 0.316.